The number of imide groups is 1. The van der Waals surface area contributed by atoms with Crippen molar-refractivity contribution in [2.75, 3.05) is 0 Å². The number of nitrogens with one attached hydrogen (secondary N) is 1. The fourth-order valence-corrected chi connectivity index (χ4v) is 3.51. The number of aromatic nitrogens is 1. The molecular formula is C24H20N2O3. The summed E-state index contributed by atoms with van der Waals surface area (Å²) in [4.78, 5) is 28.8. The van der Waals surface area contributed by atoms with Crippen LogP contribution in [0.2, 0.25) is 0 Å². The predicted molar refractivity (Wildman–Crippen MR) is 111 cm³/mol. The lowest BCUT2D eigenvalue weighted by molar-refractivity contribution is -0.114. The van der Waals surface area contributed by atoms with Gasteiger partial charge in [0.05, 0.1) is 5.69 Å². The van der Waals surface area contributed by atoms with Crippen LogP contribution in [-0.2, 0) is 11.4 Å². The molecule has 0 bridgehead atoms. The van der Waals surface area contributed by atoms with Crippen LogP contribution in [0.15, 0.2) is 60.8 Å². The fourth-order valence-electron chi connectivity index (χ4n) is 3.51. The topological polar surface area (TPSA) is 68.3 Å². The van der Waals surface area contributed by atoms with E-state index in [2.05, 4.69) is 10.3 Å². The first-order chi connectivity index (χ1) is 14.0. The maximum Gasteiger partial charge on any atom is 0.258 e. The lowest BCUT2D eigenvalue weighted by Crippen LogP contribution is -2.36. The lowest BCUT2D eigenvalue weighted by atomic mass is 9.93. The molecule has 0 atom stereocenters. The molecule has 0 saturated carbocycles. The molecule has 0 radical (unpaired) electrons. The number of carbonyl (C=O) groups is 2. The van der Waals surface area contributed by atoms with E-state index in [1.165, 1.54) is 0 Å². The Morgan fingerprint density at radius 1 is 0.931 bits per heavy atom. The molecule has 144 valence electrons. The summed E-state index contributed by atoms with van der Waals surface area (Å²) in [5.41, 5.74) is 5.29. The van der Waals surface area contributed by atoms with Crippen molar-refractivity contribution in [3.8, 4) is 5.75 Å². The van der Waals surface area contributed by atoms with E-state index in [0.717, 1.165) is 28.1 Å². The molecule has 2 amide bonds. The summed E-state index contributed by atoms with van der Waals surface area (Å²) < 4.78 is 5.98. The van der Waals surface area contributed by atoms with Gasteiger partial charge in [0.1, 0.15) is 12.4 Å². The van der Waals surface area contributed by atoms with Gasteiger partial charge in [0.25, 0.3) is 11.8 Å². The summed E-state index contributed by atoms with van der Waals surface area (Å²) in [6.45, 7) is 4.34. The summed E-state index contributed by atoms with van der Waals surface area (Å²) in [7, 11) is 0. The molecule has 5 heteroatoms. The normalized spacial score (nSPS) is 14.5. The van der Waals surface area contributed by atoms with E-state index in [0.29, 0.717) is 23.3 Å². The number of carbonyl (C=O) groups excluding carboxylic acids is 2. The SMILES string of the molecule is Cc1cc(C=C2C(=O)NC(=O)c3ccccc32)cc(C)c1OCc1ccccn1. The van der Waals surface area contributed by atoms with Crippen molar-refractivity contribution >= 4 is 23.5 Å². The molecule has 0 saturated heterocycles. The predicted octanol–water partition coefficient (Wildman–Crippen LogP) is 4.09. The molecule has 3 aromatic rings. The highest BCUT2D eigenvalue weighted by atomic mass is 16.5. The van der Waals surface area contributed by atoms with E-state index in [4.69, 9.17) is 4.74 Å². The van der Waals surface area contributed by atoms with Gasteiger partial charge < -0.3 is 4.74 Å². The highest BCUT2D eigenvalue weighted by Gasteiger charge is 2.26. The second-order valence-electron chi connectivity index (χ2n) is 6.98. The molecule has 0 spiro atoms. The molecule has 2 aromatic carbocycles. The summed E-state index contributed by atoms with van der Waals surface area (Å²) in [5, 5.41) is 2.41. The van der Waals surface area contributed by atoms with Gasteiger partial charge in [-0.25, -0.2) is 0 Å². The van der Waals surface area contributed by atoms with Gasteiger partial charge in [0.2, 0.25) is 0 Å². The number of benzene rings is 2. The number of pyridine rings is 1. The first-order valence-corrected chi connectivity index (χ1v) is 9.33. The van der Waals surface area contributed by atoms with Crippen molar-refractivity contribution in [1.29, 1.82) is 0 Å². The number of hydrogen-bond acceptors (Lipinski definition) is 4. The van der Waals surface area contributed by atoms with Gasteiger partial charge in [-0.15, -0.1) is 0 Å². The van der Waals surface area contributed by atoms with E-state index in [1.54, 1.807) is 24.4 Å². The number of fused-ring (bicyclic) bond motifs is 1. The average Bonchev–Trinajstić information content (AvgIpc) is 2.71. The Hall–Kier alpha value is -3.73. The maximum atomic E-state index is 12.4. The molecule has 1 N–H and O–H groups in total. The molecule has 0 fully saturated rings. The van der Waals surface area contributed by atoms with Gasteiger partial charge in [-0.2, -0.15) is 0 Å². The van der Waals surface area contributed by atoms with E-state index in [-0.39, 0.29) is 11.8 Å². The van der Waals surface area contributed by atoms with Crippen molar-refractivity contribution in [3.05, 3.63) is 94.3 Å². The molecule has 0 unspecified atom stereocenters. The second kappa shape index (κ2) is 7.72. The summed E-state index contributed by atoms with van der Waals surface area (Å²) >= 11 is 0. The largest absolute Gasteiger partial charge is 0.487 e. The molecule has 1 aromatic heterocycles. The zero-order valence-electron chi connectivity index (χ0n) is 16.2. The minimum Gasteiger partial charge on any atom is -0.487 e. The van der Waals surface area contributed by atoms with Gasteiger partial charge in [0, 0.05) is 17.3 Å². The van der Waals surface area contributed by atoms with Gasteiger partial charge >= 0.3 is 0 Å². The van der Waals surface area contributed by atoms with Gasteiger partial charge in [0.15, 0.2) is 0 Å². The van der Waals surface area contributed by atoms with E-state index >= 15 is 0 Å². The molecule has 2 heterocycles. The Kier molecular flexibility index (Phi) is 4.96. The first kappa shape index (κ1) is 18.6. The van der Waals surface area contributed by atoms with Crippen molar-refractivity contribution in [2.45, 2.75) is 20.5 Å². The smallest absolute Gasteiger partial charge is 0.258 e. The number of ether oxygens (including phenoxy) is 1. The Bertz CT molecular complexity index is 1110. The van der Waals surface area contributed by atoms with Crippen molar-refractivity contribution in [2.24, 2.45) is 0 Å². The minimum atomic E-state index is -0.389. The van der Waals surface area contributed by atoms with Crippen LogP contribution >= 0.6 is 0 Å². The molecule has 4 rings (SSSR count). The Morgan fingerprint density at radius 2 is 1.62 bits per heavy atom. The molecule has 0 aliphatic carbocycles. The van der Waals surface area contributed by atoms with Crippen LogP contribution in [0.3, 0.4) is 0 Å². The Morgan fingerprint density at radius 3 is 2.31 bits per heavy atom. The number of amides is 2. The van der Waals surface area contributed by atoms with Gasteiger partial charge in [-0.3, -0.25) is 19.9 Å². The third-order valence-corrected chi connectivity index (χ3v) is 4.82. The molecule has 1 aliphatic rings. The Labute approximate surface area is 169 Å². The molecular weight excluding hydrogens is 364 g/mol. The van der Waals surface area contributed by atoms with E-state index in [9.17, 15) is 9.59 Å². The van der Waals surface area contributed by atoms with Crippen molar-refractivity contribution < 1.29 is 14.3 Å². The Balaban J connectivity index is 1.65. The highest BCUT2D eigenvalue weighted by molar-refractivity contribution is 6.33. The van der Waals surface area contributed by atoms with E-state index in [1.807, 2.05) is 56.3 Å². The van der Waals surface area contributed by atoms with Crippen LogP contribution in [0.25, 0.3) is 11.6 Å². The van der Waals surface area contributed by atoms with Crippen molar-refractivity contribution in [3.63, 3.8) is 0 Å². The zero-order valence-corrected chi connectivity index (χ0v) is 16.2. The summed E-state index contributed by atoms with van der Waals surface area (Å²) in [6, 6.07) is 16.8. The number of nitrogens with zero attached hydrogens (tertiary/aromatic N) is 1. The van der Waals surface area contributed by atoms with Crippen LogP contribution in [0.1, 0.15) is 38.3 Å². The van der Waals surface area contributed by atoms with Crippen LogP contribution in [0.5, 0.6) is 5.75 Å². The van der Waals surface area contributed by atoms with Crippen LogP contribution < -0.4 is 10.1 Å². The minimum absolute atomic E-state index is 0.367. The maximum absolute atomic E-state index is 12.4. The van der Waals surface area contributed by atoms with Gasteiger partial charge in [-0.1, -0.05) is 24.3 Å². The average molecular weight is 384 g/mol. The fraction of sp³-hybridized carbons (Fsp3) is 0.125. The van der Waals surface area contributed by atoms with Gasteiger partial charge in [-0.05, 0) is 72.5 Å². The summed E-state index contributed by atoms with van der Waals surface area (Å²) in [5.74, 6) is 0.0503. The van der Waals surface area contributed by atoms with Crippen LogP contribution in [0.4, 0.5) is 0 Å². The van der Waals surface area contributed by atoms with Crippen LogP contribution in [-0.4, -0.2) is 16.8 Å². The van der Waals surface area contributed by atoms with Crippen molar-refractivity contribution in [1.82, 2.24) is 10.3 Å². The number of rotatable bonds is 4. The summed E-state index contributed by atoms with van der Waals surface area (Å²) in [6.07, 6.45) is 3.55. The first-order valence-electron chi connectivity index (χ1n) is 9.33. The molecule has 29 heavy (non-hydrogen) atoms. The third-order valence-electron chi connectivity index (χ3n) is 4.82. The third kappa shape index (κ3) is 3.80. The molecule has 1 aliphatic heterocycles. The quantitative estimate of drug-likeness (QED) is 0.543. The standard InChI is InChI=1S/C24H20N2O3/c1-15-11-17(12-16(2)22(15)29-14-18-7-5-6-10-25-18)13-21-19-8-3-4-9-20(19)23(27)26-24(21)28/h3-13H,14H2,1-2H3,(H,26,27,28). The molecule has 5 nitrogen and oxygen atoms in total. The highest BCUT2D eigenvalue weighted by Crippen LogP contribution is 2.30. The van der Waals surface area contributed by atoms with Crippen LogP contribution in [0, 0.1) is 13.8 Å². The monoisotopic (exact) mass is 384 g/mol. The zero-order chi connectivity index (χ0) is 20.4. The van der Waals surface area contributed by atoms with E-state index < -0.39 is 0 Å². The second-order valence-corrected chi connectivity index (χ2v) is 6.98. The number of aryl methyl sites for hydroxylation is 2. The number of hydrogen-bond donors (Lipinski definition) is 1. The lowest BCUT2D eigenvalue weighted by Gasteiger charge is -2.18.